The van der Waals surface area contributed by atoms with Gasteiger partial charge >= 0.3 is 0 Å². The van der Waals surface area contributed by atoms with Gasteiger partial charge in [-0.15, -0.1) is 0 Å². The highest BCUT2D eigenvalue weighted by Crippen LogP contribution is 2.28. The van der Waals surface area contributed by atoms with Crippen molar-refractivity contribution >= 4 is 15.7 Å². The van der Waals surface area contributed by atoms with Gasteiger partial charge in [-0.2, -0.15) is 0 Å². The van der Waals surface area contributed by atoms with E-state index in [0.717, 1.165) is 5.56 Å². The summed E-state index contributed by atoms with van der Waals surface area (Å²) in [5.74, 6) is 0. The van der Waals surface area contributed by atoms with Crippen molar-refractivity contribution in [3.8, 4) is 0 Å². The summed E-state index contributed by atoms with van der Waals surface area (Å²) in [6.07, 6.45) is 0. The maximum atomic E-state index is 12.4. The molecule has 0 aliphatic carbocycles. The molecule has 0 spiro atoms. The van der Waals surface area contributed by atoms with Crippen molar-refractivity contribution in [2.45, 2.75) is 45.1 Å². The van der Waals surface area contributed by atoms with E-state index in [1.165, 1.54) is 0 Å². The van der Waals surface area contributed by atoms with Crippen molar-refractivity contribution in [2.75, 3.05) is 12.3 Å². The van der Waals surface area contributed by atoms with Gasteiger partial charge in [-0.1, -0.05) is 6.07 Å². The summed E-state index contributed by atoms with van der Waals surface area (Å²) < 4.78 is 27.4. The van der Waals surface area contributed by atoms with Crippen LogP contribution in [0.15, 0.2) is 11.0 Å². The zero-order valence-corrected chi connectivity index (χ0v) is 12.9. The fraction of sp³-hybridized carbons (Fsp3) is 0.538. The van der Waals surface area contributed by atoms with E-state index in [1.54, 1.807) is 33.8 Å². The Morgan fingerprint density at radius 2 is 1.79 bits per heavy atom. The third-order valence-electron chi connectivity index (χ3n) is 3.04. The smallest absolute Gasteiger partial charge is 0.241 e. The Kier molecular flexibility index (Phi) is 4.29. The van der Waals surface area contributed by atoms with Gasteiger partial charge in [-0.3, -0.25) is 0 Å². The Hall–Kier alpha value is -1.11. The van der Waals surface area contributed by atoms with E-state index in [-0.39, 0.29) is 11.5 Å². The van der Waals surface area contributed by atoms with Crippen LogP contribution in [0.5, 0.6) is 0 Å². The second-order valence-corrected chi connectivity index (χ2v) is 7.14. The van der Waals surface area contributed by atoms with E-state index in [0.29, 0.717) is 16.8 Å². The molecule has 19 heavy (non-hydrogen) atoms. The number of aliphatic hydroxyl groups excluding tert-OH is 1. The summed E-state index contributed by atoms with van der Waals surface area (Å²) in [5.41, 5.74) is 7.50. The van der Waals surface area contributed by atoms with Gasteiger partial charge < -0.3 is 10.8 Å². The maximum absolute atomic E-state index is 12.4. The fourth-order valence-electron chi connectivity index (χ4n) is 2.04. The van der Waals surface area contributed by atoms with E-state index < -0.39 is 15.6 Å². The molecule has 0 atom stereocenters. The average molecular weight is 286 g/mol. The number of sulfonamides is 1. The lowest BCUT2D eigenvalue weighted by molar-refractivity contribution is 0.208. The molecule has 0 fully saturated rings. The van der Waals surface area contributed by atoms with E-state index in [1.807, 2.05) is 6.92 Å². The molecule has 0 radical (unpaired) electrons. The van der Waals surface area contributed by atoms with Gasteiger partial charge in [0.05, 0.1) is 17.0 Å². The van der Waals surface area contributed by atoms with Gasteiger partial charge in [-0.05, 0) is 51.3 Å². The predicted octanol–water partition coefficient (Wildman–Crippen LogP) is 1.24. The van der Waals surface area contributed by atoms with Gasteiger partial charge in [0.1, 0.15) is 0 Å². The lowest BCUT2D eigenvalue weighted by Gasteiger charge is -2.25. The number of nitrogen functional groups attached to an aromatic ring is 1. The van der Waals surface area contributed by atoms with Gasteiger partial charge in [0.15, 0.2) is 0 Å². The molecular formula is C13H22N2O3S. The lowest BCUT2D eigenvalue weighted by Crippen LogP contribution is -2.46. The highest BCUT2D eigenvalue weighted by Gasteiger charge is 2.28. The highest BCUT2D eigenvalue weighted by molar-refractivity contribution is 7.89. The Bertz CT molecular complexity index is 592. The van der Waals surface area contributed by atoms with Crippen LogP contribution in [0.3, 0.4) is 0 Å². The van der Waals surface area contributed by atoms with E-state index in [9.17, 15) is 13.5 Å². The second-order valence-electron chi connectivity index (χ2n) is 5.53. The topological polar surface area (TPSA) is 92.4 Å². The lowest BCUT2D eigenvalue weighted by atomic mass is 10.1. The Morgan fingerprint density at radius 1 is 1.26 bits per heavy atom. The van der Waals surface area contributed by atoms with Crippen LogP contribution < -0.4 is 10.5 Å². The predicted molar refractivity (Wildman–Crippen MR) is 76.6 cm³/mol. The van der Waals surface area contributed by atoms with Crippen LogP contribution in [0.25, 0.3) is 0 Å². The molecule has 108 valence electrons. The number of benzene rings is 1. The summed E-state index contributed by atoms with van der Waals surface area (Å²) in [7, 11) is -3.72. The summed E-state index contributed by atoms with van der Waals surface area (Å²) in [6, 6.07) is 1.75. The summed E-state index contributed by atoms with van der Waals surface area (Å²) in [5, 5.41) is 9.19. The van der Waals surface area contributed by atoms with Crippen LogP contribution in [-0.4, -0.2) is 25.7 Å². The third-order valence-corrected chi connectivity index (χ3v) is 5.02. The van der Waals surface area contributed by atoms with Crippen molar-refractivity contribution in [3.63, 3.8) is 0 Å². The second kappa shape index (κ2) is 5.11. The zero-order chi connectivity index (χ0) is 15.0. The van der Waals surface area contributed by atoms with Crippen molar-refractivity contribution in [2.24, 2.45) is 0 Å². The molecule has 5 nitrogen and oxygen atoms in total. The molecular weight excluding hydrogens is 264 g/mol. The van der Waals surface area contributed by atoms with Gasteiger partial charge in [-0.25, -0.2) is 13.1 Å². The first kappa shape index (κ1) is 15.9. The Balaban J connectivity index is 3.43. The van der Waals surface area contributed by atoms with Crippen LogP contribution in [0, 0.1) is 20.8 Å². The minimum Gasteiger partial charge on any atom is -0.398 e. The molecule has 1 rings (SSSR count). The molecule has 1 aromatic carbocycles. The number of aryl methyl sites for hydroxylation is 2. The molecule has 6 heteroatoms. The first-order valence-corrected chi connectivity index (χ1v) is 7.51. The molecule has 0 amide bonds. The number of rotatable bonds is 4. The minimum absolute atomic E-state index is 0.192. The summed E-state index contributed by atoms with van der Waals surface area (Å²) in [6.45, 7) is 8.22. The molecule has 0 saturated heterocycles. The first-order valence-electron chi connectivity index (χ1n) is 6.03. The van der Waals surface area contributed by atoms with Crippen LogP contribution >= 0.6 is 0 Å². The molecule has 1 aromatic rings. The Morgan fingerprint density at radius 3 is 2.26 bits per heavy atom. The third kappa shape index (κ3) is 3.26. The van der Waals surface area contributed by atoms with E-state index >= 15 is 0 Å². The number of hydrogen-bond acceptors (Lipinski definition) is 4. The molecule has 0 unspecified atom stereocenters. The summed E-state index contributed by atoms with van der Waals surface area (Å²) in [4.78, 5) is 0.192. The van der Waals surface area contributed by atoms with Gasteiger partial charge in [0.25, 0.3) is 0 Å². The Labute approximate surface area is 114 Å². The monoisotopic (exact) mass is 286 g/mol. The van der Waals surface area contributed by atoms with Crippen LogP contribution in [0.2, 0.25) is 0 Å². The molecule has 0 saturated carbocycles. The minimum atomic E-state index is -3.72. The largest absolute Gasteiger partial charge is 0.398 e. The van der Waals surface area contributed by atoms with Crippen molar-refractivity contribution in [1.82, 2.24) is 4.72 Å². The van der Waals surface area contributed by atoms with E-state index in [2.05, 4.69) is 4.72 Å². The number of aliphatic hydroxyl groups is 1. The molecule has 0 aliphatic heterocycles. The molecule has 0 aliphatic rings. The maximum Gasteiger partial charge on any atom is 0.241 e. The number of anilines is 1. The molecule has 0 bridgehead atoms. The molecule has 0 aromatic heterocycles. The van der Waals surface area contributed by atoms with Crippen LogP contribution in [0.4, 0.5) is 5.69 Å². The number of nitrogens with one attached hydrogen (secondary N) is 1. The summed E-state index contributed by atoms with van der Waals surface area (Å²) >= 11 is 0. The SMILES string of the molecule is Cc1cc(C)c(S(=O)(=O)NC(C)(C)CO)c(C)c1N. The quantitative estimate of drug-likeness (QED) is 0.726. The van der Waals surface area contributed by atoms with Crippen LogP contribution in [0.1, 0.15) is 30.5 Å². The van der Waals surface area contributed by atoms with Crippen molar-refractivity contribution < 1.29 is 13.5 Å². The van der Waals surface area contributed by atoms with Crippen molar-refractivity contribution in [1.29, 1.82) is 0 Å². The zero-order valence-electron chi connectivity index (χ0n) is 12.0. The fourth-order valence-corrected chi connectivity index (χ4v) is 3.93. The highest BCUT2D eigenvalue weighted by atomic mass is 32.2. The van der Waals surface area contributed by atoms with Gasteiger partial charge in [0, 0.05) is 5.69 Å². The number of hydrogen-bond donors (Lipinski definition) is 3. The van der Waals surface area contributed by atoms with Crippen LogP contribution in [-0.2, 0) is 10.0 Å². The molecule has 4 N–H and O–H groups in total. The average Bonchev–Trinajstić information content (AvgIpc) is 2.24. The normalized spacial score (nSPS) is 12.7. The van der Waals surface area contributed by atoms with Crippen molar-refractivity contribution in [3.05, 3.63) is 22.8 Å². The molecule has 0 heterocycles. The number of nitrogens with two attached hydrogens (primary N) is 1. The van der Waals surface area contributed by atoms with Gasteiger partial charge in [0.2, 0.25) is 10.0 Å². The first-order chi connectivity index (χ1) is 8.52. The standard InChI is InChI=1S/C13H22N2O3S/c1-8-6-9(2)12(10(3)11(8)14)19(17,18)15-13(4,5)7-16/h6,15-16H,7,14H2,1-5H3. The van der Waals surface area contributed by atoms with E-state index in [4.69, 9.17) is 5.73 Å².